The number of rotatable bonds is 11. The third-order valence-corrected chi connectivity index (χ3v) is 3.64. The smallest absolute Gasteiger partial charge is 0.239 e. The number of hydrogen-bond acceptors (Lipinski definition) is 3. The van der Waals surface area contributed by atoms with Crippen LogP contribution in [0.3, 0.4) is 0 Å². The van der Waals surface area contributed by atoms with Crippen LogP contribution < -0.4 is 16.0 Å². The van der Waals surface area contributed by atoms with Gasteiger partial charge in [-0.25, -0.2) is 0 Å². The Morgan fingerprint density at radius 2 is 1.36 bits per heavy atom. The van der Waals surface area contributed by atoms with Crippen molar-refractivity contribution in [1.29, 1.82) is 0 Å². The summed E-state index contributed by atoms with van der Waals surface area (Å²) in [6.07, 6.45) is 3.90. The minimum absolute atomic E-state index is 0.0371. The summed E-state index contributed by atoms with van der Waals surface area (Å²) >= 11 is 0. The summed E-state index contributed by atoms with van der Waals surface area (Å²) in [5.41, 5.74) is 0. The van der Waals surface area contributed by atoms with Crippen molar-refractivity contribution in [2.45, 2.75) is 53.4 Å². The van der Waals surface area contributed by atoms with E-state index in [9.17, 15) is 14.4 Å². The van der Waals surface area contributed by atoms with E-state index >= 15 is 0 Å². The van der Waals surface area contributed by atoms with Gasteiger partial charge in [0.15, 0.2) is 0 Å². The summed E-state index contributed by atoms with van der Waals surface area (Å²) in [5.74, 6) is 0.175. The maximum absolute atomic E-state index is 11.7. The first-order valence-corrected chi connectivity index (χ1v) is 8.13. The van der Waals surface area contributed by atoms with E-state index in [2.05, 4.69) is 16.0 Å². The number of carbonyl (C=O) groups excluding carboxylic acids is 3. The lowest BCUT2D eigenvalue weighted by atomic mass is 9.97. The van der Waals surface area contributed by atoms with Gasteiger partial charge in [-0.15, -0.1) is 0 Å². The Morgan fingerprint density at radius 1 is 0.818 bits per heavy atom. The summed E-state index contributed by atoms with van der Waals surface area (Å²) in [6, 6.07) is 0. The van der Waals surface area contributed by atoms with Crippen molar-refractivity contribution in [3.05, 3.63) is 0 Å². The Balaban J connectivity index is 3.42. The Kier molecular flexibility index (Phi) is 11.1. The molecule has 0 saturated carbocycles. The van der Waals surface area contributed by atoms with Crippen LogP contribution in [-0.4, -0.2) is 37.4 Å². The van der Waals surface area contributed by atoms with Gasteiger partial charge in [0.05, 0.1) is 6.54 Å². The second-order valence-electron chi connectivity index (χ2n) is 6.00. The molecule has 0 aromatic carbocycles. The lowest BCUT2D eigenvalue weighted by Gasteiger charge is -2.15. The minimum atomic E-state index is -0.205. The quantitative estimate of drug-likeness (QED) is 0.501. The third kappa shape index (κ3) is 11.1. The van der Waals surface area contributed by atoms with E-state index in [0.29, 0.717) is 19.0 Å². The first-order chi connectivity index (χ1) is 10.3. The monoisotopic (exact) mass is 313 g/mol. The molecule has 1 unspecified atom stereocenters. The fourth-order valence-corrected chi connectivity index (χ4v) is 1.77. The molecule has 1 atom stereocenters. The Morgan fingerprint density at radius 3 is 1.86 bits per heavy atom. The van der Waals surface area contributed by atoms with Gasteiger partial charge in [0.2, 0.25) is 17.7 Å². The molecule has 0 fully saturated rings. The largest absolute Gasteiger partial charge is 0.356 e. The van der Waals surface area contributed by atoms with E-state index in [1.807, 2.05) is 20.8 Å². The van der Waals surface area contributed by atoms with Gasteiger partial charge in [0.25, 0.3) is 0 Å². The summed E-state index contributed by atoms with van der Waals surface area (Å²) in [5, 5.41) is 8.15. The topological polar surface area (TPSA) is 87.3 Å². The van der Waals surface area contributed by atoms with E-state index in [1.54, 1.807) is 0 Å². The van der Waals surface area contributed by atoms with Gasteiger partial charge >= 0.3 is 0 Å². The van der Waals surface area contributed by atoms with Crippen LogP contribution in [0.25, 0.3) is 0 Å². The molecule has 0 aromatic heterocycles. The van der Waals surface area contributed by atoms with Crippen LogP contribution in [0, 0.1) is 11.8 Å². The molecule has 0 bridgehead atoms. The van der Waals surface area contributed by atoms with Crippen LogP contribution in [0.15, 0.2) is 0 Å². The minimum Gasteiger partial charge on any atom is -0.356 e. The maximum Gasteiger partial charge on any atom is 0.239 e. The predicted octanol–water partition coefficient (Wildman–Crippen LogP) is 1.21. The van der Waals surface area contributed by atoms with Crippen LogP contribution in [0.1, 0.15) is 53.4 Å². The summed E-state index contributed by atoms with van der Waals surface area (Å²) in [7, 11) is 0. The zero-order chi connectivity index (χ0) is 17.0. The number of amides is 3. The highest BCUT2D eigenvalue weighted by atomic mass is 16.2. The second kappa shape index (κ2) is 12.0. The van der Waals surface area contributed by atoms with Crippen molar-refractivity contribution in [1.82, 2.24) is 16.0 Å². The molecule has 6 nitrogen and oxygen atoms in total. The van der Waals surface area contributed by atoms with Crippen molar-refractivity contribution in [2.24, 2.45) is 11.8 Å². The van der Waals surface area contributed by atoms with Crippen LogP contribution >= 0.6 is 0 Å². The van der Waals surface area contributed by atoms with E-state index < -0.39 is 0 Å². The Hall–Kier alpha value is -1.59. The zero-order valence-corrected chi connectivity index (χ0v) is 14.3. The molecule has 0 spiro atoms. The number of hydrogen-bond donors (Lipinski definition) is 3. The highest BCUT2D eigenvalue weighted by Crippen LogP contribution is 2.09. The first kappa shape index (κ1) is 20.4. The van der Waals surface area contributed by atoms with Crippen molar-refractivity contribution in [2.75, 3.05) is 19.6 Å². The number of carbonyl (C=O) groups is 3. The SMILES string of the molecule is CC(=O)NCC(=O)NCCCCCCNC(=O)C(C)C(C)C. The van der Waals surface area contributed by atoms with Crippen LogP contribution in [0.5, 0.6) is 0 Å². The molecule has 6 heteroatoms. The van der Waals surface area contributed by atoms with Gasteiger partial charge in [-0.2, -0.15) is 0 Å². The van der Waals surface area contributed by atoms with E-state index in [-0.39, 0.29) is 30.2 Å². The molecule has 128 valence electrons. The van der Waals surface area contributed by atoms with Crippen LogP contribution in [0.4, 0.5) is 0 Å². The molecule has 0 heterocycles. The van der Waals surface area contributed by atoms with Crippen molar-refractivity contribution >= 4 is 17.7 Å². The van der Waals surface area contributed by atoms with Gasteiger partial charge in [-0.1, -0.05) is 33.6 Å². The van der Waals surface area contributed by atoms with E-state index in [4.69, 9.17) is 0 Å². The average molecular weight is 313 g/mol. The Bertz CT molecular complexity index is 357. The average Bonchev–Trinajstić information content (AvgIpc) is 2.46. The van der Waals surface area contributed by atoms with Crippen LogP contribution in [0.2, 0.25) is 0 Å². The predicted molar refractivity (Wildman–Crippen MR) is 87.2 cm³/mol. The fraction of sp³-hybridized carbons (Fsp3) is 0.812. The van der Waals surface area contributed by atoms with Gasteiger partial charge in [0.1, 0.15) is 0 Å². The molecule has 0 aliphatic carbocycles. The third-order valence-electron chi connectivity index (χ3n) is 3.64. The lowest BCUT2D eigenvalue weighted by Crippen LogP contribution is -2.36. The second-order valence-corrected chi connectivity index (χ2v) is 6.00. The van der Waals surface area contributed by atoms with Crippen molar-refractivity contribution in [3.63, 3.8) is 0 Å². The molecule has 3 amide bonds. The number of unbranched alkanes of at least 4 members (excludes halogenated alkanes) is 3. The zero-order valence-electron chi connectivity index (χ0n) is 14.3. The van der Waals surface area contributed by atoms with E-state index in [1.165, 1.54) is 6.92 Å². The van der Waals surface area contributed by atoms with E-state index in [0.717, 1.165) is 25.7 Å². The highest BCUT2D eigenvalue weighted by Gasteiger charge is 2.15. The molecule has 0 aliphatic heterocycles. The summed E-state index contributed by atoms with van der Waals surface area (Å²) in [6.45, 7) is 8.79. The normalized spacial score (nSPS) is 11.9. The van der Waals surface area contributed by atoms with Crippen molar-refractivity contribution in [3.8, 4) is 0 Å². The molecule has 0 aromatic rings. The van der Waals surface area contributed by atoms with Gasteiger partial charge in [0, 0.05) is 25.9 Å². The molecule has 0 radical (unpaired) electrons. The lowest BCUT2D eigenvalue weighted by molar-refractivity contribution is -0.125. The molecular formula is C16H31N3O3. The number of nitrogens with one attached hydrogen (secondary N) is 3. The van der Waals surface area contributed by atoms with Gasteiger partial charge in [-0.05, 0) is 18.8 Å². The Labute approximate surface area is 133 Å². The summed E-state index contributed by atoms with van der Waals surface area (Å²) in [4.78, 5) is 33.6. The molecule has 0 rings (SSSR count). The molecule has 3 N–H and O–H groups in total. The molecule has 0 aliphatic rings. The van der Waals surface area contributed by atoms with Gasteiger partial charge < -0.3 is 16.0 Å². The van der Waals surface area contributed by atoms with Gasteiger partial charge in [-0.3, -0.25) is 14.4 Å². The first-order valence-electron chi connectivity index (χ1n) is 8.13. The maximum atomic E-state index is 11.7. The van der Waals surface area contributed by atoms with Crippen LogP contribution in [-0.2, 0) is 14.4 Å². The highest BCUT2D eigenvalue weighted by molar-refractivity contribution is 5.83. The molecule has 0 saturated heterocycles. The standard InChI is InChI=1S/C16H31N3O3/c1-12(2)13(3)16(22)18-10-8-6-5-7-9-17-15(21)11-19-14(4)20/h12-13H,5-11H2,1-4H3,(H,17,21)(H,18,22)(H,19,20). The summed E-state index contributed by atoms with van der Waals surface area (Å²) < 4.78 is 0. The van der Waals surface area contributed by atoms with Crippen molar-refractivity contribution < 1.29 is 14.4 Å². The molecule has 22 heavy (non-hydrogen) atoms. The fourth-order valence-electron chi connectivity index (χ4n) is 1.77. The molecular weight excluding hydrogens is 282 g/mol.